The highest BCUT2D eigenvalue weighted by atomic mass is 19.3. The first kappa shape index (κ1) is 8.95. The Hall–Kier alpha value is -0.140. The second kappa shape index (κ2) is 3.08. The zero-order chi connectivity index (χ0) is 8.48. The lowest BCUT2D eigenvalue weighted by Gasteiger charge is -2.20. The molecular weight excluding hydrogens is 146 g/mol. The van der Waals surface area contributed by atoms with Crippen molar-refractivity contribution in [3.05, 3.63) is 0 Å². The van der Waals surface area contributed by atoms with E-state index in [1.807, 2.05) is 13.8 Å². The van der Waals surface area contributed by atoms with Gasteiger partial charge in [0.1, 0.15) is 0 Å². The molecule has 1 aliphatic rings. The summed E-state index contributed by atoms with van der Waals surface area (Å²) in [5, 5.41) is 0. The molecule has 11 heavy (non-hydrogen) atoms. The summed E-state index contributed by atoms with van der Waals surface area (Å²) >= 11 is 0. The van der Waals surface area contributed by atoms with Crippen molar-refractivity contribution >= 4 is 0 Å². The second-order valence-corrected chi connectivity index (χ2v) is 3.98. The predicted octanol–water partition coefficient (Wildman–Crippen LogP) is 3.47. The summed E-state index contributed by atoms with van der Waals surface area (Å²) in [6.07, 6.45) is 2.24. The average Bonchev–Trinajstić information content (AvgIpc) is 2.10. The van der Waals surface area contributed by atoms with E-state index >= 15 is 0 Å². The Balaban J connectivity index is 2.45. The summed E-state index contributed by atoms with van der Waals surface area (Å²) in [4.78, 5) is 0. The molecule has 1 unspecified atom stereocenters. The van der Waals surface area contributed by atoms with E-state index in [4.69, 9.17) is 0 Å². The van der Waals surface area contributed by atoms with E-state index in [1.165, 1.54) is 0 Å². The first-order valence-electron chi connectivity index (χ1n) is 4.40. The van der Waals surface area contributed by atoms with Crippen LogP contribution in [0.5, 0.6) is 0 Å². The Bertz CT molecular complexity index is 130. The van der Waals surface area contributed by atoms with Gasteiger partial charge in [0, 0.05) is 12.3 Å². The van der Waals surface area contributed by atoms with E-state index in [9.17, 15) is 8.78 Å². The molecule has 0 radical (unpaired) electrons. The van der Waals surface area contributed by atoms with Gasteiger partial charge in [-0.25, -0.2) is 8.78 Å². The number of hydrogen-bond donors (Lipinski definition) is 0. The van der Waals surface area contributed by atoms with Gasteiger partial charge in [-0.3, -0.25) is 0 Å². The third-order valence-electron chi connectivity index (χ3n) is 2.42. The van der Waals surface area contributed by atoms with Crippen LogP contribution in [0.4, 0.5) is 8.78 Å². The quantitative estimate of drug-likeness (QED) is 0.583. The van der Waals surface area contributed by atoms with Gasteiger partial charge in [-0.05, 0) is 25.2 Å². The molecule has 0 heterocycles. The van der Waals surface area contributed by atoms with Crippen LogP contribution in [0.15, 0.2) is 0 Å². The van der Waals surface area contributed by atoms with E-state index in [2.05, 4.69) is 0 Å². The maximum Gasteiger partial charge on any atom is 0.250 e. The highest BCUT2D eigenvalue weighted by molar-refractivity contribution is 4.84. The summed E-state index contributed by atoms with van der Waals surface area (Å²) < 4.78 is 25.9. The van der Waals surface area contributed by atoms with Gasteiger partial charge in [-0.1, -0.05) is 13.8 Å². The van der Waals surface area contributed by atoms with Gasteiger partial charge in [0.2, 0.25) is 0 Å². The van der Waals surface area contributed by atoms with Crippen molar-refractivity contribution < 1.29 is 8.78 Å². The third-order valence-corrected chi connectivity index (χ3v) is 2.42. The average molecular weight is 162 g/mol. The highest BCUT2D eigenvalue weighted by Crippen LogP contribution is 2.43. The van der Waals surface area contributed by atoms with Crippen molar-refractivity contribution in [2.45, 2.75) is 45.5 Å². The van der Waals surface area contributed by atoms with Gasteiger partial charge in [-0.2, -0.15) is 0 Å². The molecule has 0 aromatic carbocycles. The molecule has 0 bridgehead atoms. The normalized spacial score (nSPS) is 29.7. The van der Waals surface area contributed by atoms with Crippen molar-refractivity contribution in [2.24, 2.45) is 11.8 Å². The van der Waals surface area contributed by atoms with Crippen molar-refractivity contribution in [3.8, 4) is 0 Å². The monoisotopic (exact) mass is 162 g/mol. The maximum atomic E-state index is 13.0. The minimum atomic E-state index is -2.36. The van der Waals surface area contributed by atoms with Crippen LogP contribution in [0.25, 0.3) is 0 Å². The van der Waals surface area contributed by atoms with Gasteiger partial charge in [0.25, 0.3) is 5.92 Å². The molecule has 0 aromatic rings. The second-order valence-electron chi connectivity index (χ2n) is 3.98. The molecule has 0 N–H and O–H groups in total. The van der Waals surface area contributed by atoms with Crippen molar-refractivity contribution in [1.29, 1.82) is 0 Å². The van der Waals surface area contributed by atoms with E-state index in [-0.39, 0.29) is 12.3 Å². The van der Waals surface area contributed by atoms with E-state index < -0.39 is 5.92 Å². The Morgan fingerprint density at radius 2 is 2.09 bits per heavy atom. The third kappa shape index (κ3) is 2.14. The molecule has 0 saturated heterocycles. The molecule has 1 saturated carbocycles. The number of hydrogen-bond acceptors (Lipinski definition) is 0. The Labute approximate surface area is 67.0 Å². The van der Waals surface area contributed by atoms with Gasteiger partial charge >= 0.3 is 0 Å². The molecule has 0 spiro atoms. The summed E-state index contributed by atoms with van der Waals surface area (Å²) in [6, 6.07) is 0. The molecular formula is C9H16F2. The molecule has 1 aliphatic carbocycles. The van der Waals surface area contributed by atoms with Crippen LogP contribution in [0, 0.1) is 11.8 Å². The van der Waals surface area contributed by atoms with Gasteiger partial charge in [0.15, 0.2) is 0 Å². The van der Waals surface area contributed by atoms with Crippen molar-refractivity contribution in [3.63, 3.8) is 0 Å². The fraction of sp³-hybridized carbons (Fsp3) is 1.00. The summed E-state index contributed by atoms with van der Waals surface area (Å²) in [5.74, 6) is -2.28. The molecule has 1 atom stereocenters. The first-order valence-corrected chi connectivity index (χ1v) is 4.40. The zero-order valence-electron chi connectivity index (χ0n) is 7.24. The van der Waals surface area contributed by atoms with E-state index in [0.29, 0.717) is 18.8 Å². The number of alkyl halides is 2. The van der Waals surface area contributed by atoms with Crippen LogP contribution in [0.1, 0.15) is 39.5 Å². The van der Waals surface area contributed by atoms with Gasteiger partial charge < -0.3 is 0 Å². The molecule has 0 aromatic heterocycles. The SMILES string of the molecule is CC(C)CC1CCCC1(F)F. The minimum Gasteiger partial charge on any atom is -0.207 e. The molecule has 1 rings (SSSR count). The largest absolute Gasteiger partial charge is 0.250 e. The smallest absolute Gasteiger partial charge is 0.207 e. The lowest BCUT2D eigenvalue weighted by Crippen LogP contribution is -2.22. The zero-order valence-corrected chi connectivity index (χ0v) is 7.24. The van der Waals surface area contributed by atoms with Crippen LogP contribution in [0.3, 0.4) is 0 Å². The van der Waals surface area contributed by atoms with Crippen LogP contribution >= 0.6 is 0 Å². The minimum absolute atomic E-state index is 0.115. The molecule has 1 fully saturated rings. The van der Waals surface area contributed by atoms with Gasteiger partial charge in [0.05, 0.1) is 0 Å². The van der Waals surface area contributed by atoms with Crippen LogP contribution in [0.2, 0.25) is 0 Å². The topological polar surface area (TPSA) is 0 Å². The van der Waals surface area contributed by atoms with E-state index in [1.54, 1.807) is 0 Å². The maximum absolute atomic E-state index is 13.0. The standard InChI is InChI=1S/C9H16F2/c1-7(2)6-8-4-3-5-9(8,10)11/h7-8H,3-6H2,1-2H3. The Morgan fingerprint density at radius 1 is 1.45 bits per heavy atom. The highest BCUT2D eigenvalue weighted by Gasteiger charge is 2.43. The number of halogens is 2. The lowest BCUT2D eigenvalue weighted by molar-refractivity contribution is -0.0431. The summed E-state index contributed by atoms with van der Waals surface area (Å²) in [6.45, 7) is 4.02. The predicted molar refractivity (Wildman–Crippen MR) is 41.7 cm³/mol. The Kier molecular flexibility index (Phi) is 2.50. The van der Waals surface area contributed by atoms with Gasteiger partial charge in [-0.15, -0.1) is 0 Å². The molecule has 0 aliphatic heterocycles. The van der Waals surface area contributed by atoms with Crippen LogP contribution in [-0.2, 0) is 0 Å². The summed E-state index contributed by atoms with van der Waals surface area (Å²) in [7, 11) is 0. The Morgan fingerprint density at radius 3 is 2.45 bits per heavy atom. The summed E-state index contributed by atoms with van der Waals surface area (Å²) in [5.41, 5.74) is 0. The van der Waals surface area contributed by atoms with Crippen LogP contribution in [-0.4, -0.2) is 5.92 Å². The van der Waals surface area contributed by atoms with Crippen molar-refractivity contribution in [1.82, 2.24) is 0 Å². The van der Waals surface area contributed by atoms with Crippen molar-refractivity contribution in [2.75, 3.05) is 0 Å². The molecule has 0 amide bonds. The molecule has 0 nitrogen and oxygen atoms in total. The van der Waals surface area contributed by atoms with E-state index in [0.717, 1.165) is 6.42 Å². The first-order chi connectivity index (χ1) is 5.02. The number of rotatable bonds is 2. The molecule has 2 heteroatoms. The fourth-order valence-corrected chi connectivity index (χ4v) is 1.86. The fourth-order valence-electron chi connectivity index (χ4n) is 1.86. The van der Waals surface area contributed by atoms with Crippen LogP contribution < -0.4 is 0 Å². The molecule has 66 valence electrons. The lowest BCUT2D eigenvalue weighted by atomic mass is 9.94.